The fourth-order valence-electron chi connectivity index (χ4n) is 3.08. The van der Waals surface area contributed by atoms with E-state index in [2.05, 4.69) is 38.4 Å². The third kappa shape index (κ3) is 2.66. The van der Waals surface area contributed by atoms with Crippen molar-refractivity contribution in [3.63, 3.8) is 0 Å². The standard InChI is InChI=1S/C15H21N3OS/c1-3-18-15-13(6-16-18)8-17(9-14(15)10-19-2)7-12-4-5-20-11-12/h4-6,11,14H,3,7-10H2,1-2H3/t14-/m0/s1. The van der Waals surface area contributed by atoms with E-state index in [0.717, 1.165) is 32.8 Å². The van der Waals surface area contributed by atoms with Crippen LogP contribution in [0.3, 0.4) is 0 Å². The van der Waals surface area contributed by atoms with Gasteiger partial charge in [0.2, 0.25) is 0 Å². The molecular formula is C15H21N3OS. The highest BCUT2D eigenvalue weighted by Gasteiger charge is 2.29. The number of aryl methyl sites for hydroxylation is 1. The minimum Gasteiger partial charge on any atom is -0.384 e. The Balaban J connectivity index is 1.81. The average molecular weight is 291 g/mol. The predicted octanol–water partition coefficient (Wildman–Crippen LogP) is 2.71. The summed E-state index contributed by atoms with van der Waals surface area (Å²) in [4.78, 5) is 2.50. The van der Waals surface area contributed by atoms with E-state index < -0.39 is 0 Å². The summed E-state index contributed by atoms with van der Waals surface area (Å²) >= 11 is 1.76. The van der Waals surface area contributed by atoms with Crippen molar-refractivity contribution in [2.75, 3.05) is 20.3 Å². The lowest BCUT2D eigenvalue weighted by molar-refractivity contribution is 0.132. The van der Waals surface area contributed by atoms with Gasteiger partial charge in [-0.3, -0.25) is 9.58 Å². The monoisotopic (exact) mass is 291 g/mol. The second-order valence-electron chi connectivity index (χ2n) is 5.32. The first-order valence-electron chi connectivity index (χ1n) is 7.08. The van der Waals surface area contributed by atoms with Crippen LogP contribution in [0.15, 0.2) is 23.0 Å². The van der Waals surface area contributed by atoms with Gasteiger partial charge in [0.15, 0.2) is 0 Å². The lowest BCUT2D eigenvalue weighted by Gasteiger charge is -2.33. The molecule has 0 aromatic carbocycles. The Kier molecular flexibility index (Phi) is 4.19. The SMILES string of the molecule is CCn1ncc2c1[C@H](COC)CN(Cc1ccsc1)C2. The molecule has 1 atom stereocenters. The van der Waals surface area contributed by atoms with E-state index >= 15 is 0 Å². The van der Waals surface area contributed by atoms with Crippen molar-refractivity contribution < 1.29 is 4.74 Å². The van der Waals surface area contributed by atoms with Crippen LogP contribution in [0.2, 0.25) is 0 Å². The number of thiophene rings is 1. The number of hydrogen-bond acceptors (Lipinski definition) is 4. The van der Waals surface area contributed by atoms with Crippen molar-refractivity contribution in [1.29, 1.82) is 0 Å². The molecule has 3 heterocycles. The van der Waals surface area contributed by atoms with Gasteiger partial charge in [-0.25, -0.2) is 0 Å². The van der Waals surface area contributed by atoms with Crippen molar-refractivity contribution >= 4 is 11.3 Å². The molecule has 0 unspecified atom stereocenters. The summed E-state index contributed by atoms with van der Waals surface area (Å²) in [7, 11) is 1.78. The summed E-state index contributed by atoms with van der Waals surface area (Å²) < 4.78 is 7.55. The van der Waals surface area contributed by atoms with E-state index in [1.54, 1.807) is 18.4 Å². The quantitative estimate of drug-likeness (QED) is 0.848. The molecule has 0 saturated heterocycles. The fraction of sp³-hybridized carbons (Fsp3) is 0.533. The first-order valence-corrected chi connectivity index (χ1v) is 8.03. The van der Waals surface area contributed by atoms with E-state index in [0.29, 0.717) is 5.92 Å². The summed E-state index contributed by atoms with van der Waals surface area (Å²) in [6.45, 7) is 6.89. The molecule has 0 N–H and O–H groups in total. The van der Waals surface area contributed by atoms with Crippen LogP contribution in [-0.4, -0.2) is 34.9 Å². The van der Waals surface area contributed by atoms with Gasteiger partial charge in [0.1, 0.15) is 0 Å². The van der Waals surface area contributed by atoms with E-state index in [1.165, 1.54) is 16.8 Å². The van der Waals surface area contributed by atoms with Crippen LogP contribution < -0.4 is 0 Å². The van der Waals surface area contributed by atoms with Crippen LogP contribution in [0.1, 0.15) is 29.7 Å². The topological polar surface area (TPSA) is 30.3 Å². The summed E-state index contributed by atoms with van der Waals surface area (Å²) in [5, 5.41) is 8.89. The van der Waals surface area contributed by atoms with Crippen LogP contribution in [0, 0.1) is 0 Å². The largest absolute Gasteiger partial charge is 0.384 e. The molecule has 0 spiro atoms. The molecule has 2 aromatic rings. The molecule has 1 aliphatic rings. The zero-order chi connectivity index (χ0) is 13.9. The molecule has 5 heteroatoms. The number of ether oxygens (including phenoxy) is 1. The lowest BCUT2D eigenvalue weighted by atomic mass is 9.96. The van der Waals surface area contributed by atoms with Gasteiger partial charge in [0, 0.05) is 50.5 Å². The lowest BCUT2D eigenvalue weighted by Crippen LogP contribution is -2.35. The summed E-state index contributed by atoms with van der Waals surface area (Å²) in [6.07, 6.45) is 2.03. The summed E-state index contributed by atoms with van der Waals surface area (Å²) in [6, 6.07) is 2.21. The van der Waals surface area contributed by atoms with E-state index in [4.69, 9.17) is 4.74 Å². The maximum atomic E-state index is 5.42. The van der Waals surface area contributed by atoms with Crippen LogP contribution >= 0.6 is 11.3 Å². The van der Waals surface area contributed by atoms with Crippen molar-refractivity contribution in [2.24, 2.45) is 0 Å². The molecule has 2 aromatic heterocycles. The van der Waals surface area contributed by atoms with E-state index in [9.17, 15) is 0 Å². The highest BCUT2D eigenvalue weighted by molar-refractivity contribution is 7.07. The second kappa shape index (κ2) is 6.08. The number of rotatable bonds is 5. The molecular weight excluding hydrogens is 270 g/mol. The predicted molar refractivity (Wildman–Crippen MR) is 81.0 cm³/mol. The Labute approximate surface area is 124 Å². The van der Waals surface area contributed by atoms with Gasteiger partial charge in [-0.2, -0.15) is 16.4 Å². The van der Waals surface area contributed by atoms with Gasteiger partial charge in [-0.05, 0) is 29.3 Å². The highest BCUT2D eigenvalue weighted by atomic mass is 32.1. The number of fused-ring (bicyclic) bond motifs is 1. The van der Waals surface area contributed by atoms with Crippen molar-refractivity contribution in [1.82, 2.24) is 14.7 Å². The van der Waals surface area contributed by atoms with Gasteiger partial charge in [-0.15, -0.1) is 0 Å². The normalized spacial score (nSPS) is 19.2. The van der Waals surface area contributed by atoms with Crippen molar-refractivity contribution in [2.45, 2.75) is 32.5 Å². The Morgan fingerprint density at radius 2 is 2.40 bits per heavy atom. The molecule has 20 heavy (non-hydrogen) atoms. The molecule has 4 nitrogen and oxygen atoms in total. The molecule has 1 aliphatic heterocycles. The smallest absolute Gasteiger partial charge is 0.0558 e. The Hall–Kier alpha value is -1.17. The first kappa shape index (κ1) is 13.8. The number of aromatic nitrogens is 2. The van der Waals surface area contributed by atoms with Crippen LogP contribution in [0.5, 0.6) is 0 Å². The molecule has 0 radical (unpaired) electrons. The Morgan fingerprint density at radius 3 is 3.10 bits per heavy atom. The Bertz CT molecular complexity index is 549. The molecule has 0 bridgehead atoms. The van der Waals surface area contributed by atoms with E-state index in [1.807, 2.05) is 6.20 Å². The number of methoxy groups -OCH3 is 1. The third-order valence-electron chi connectivity index (χ3n) is 3.87. The number of nitrogens with zero attached hydrogens (tertiary/aromatic N) is 3. The van der Waals surface area contributed by atoms with Crippen LogP contribution in [-0.2, 0) is 24.4 Å². The molecule has 108 valence electrons. The van der Waals surface area contributed by atoms with Gasteiger partial charge in [-0.1, -0.05) is 0 Å². The minimum absolute atomic E-state index is 0.421. The van der Waals surface area contributed by atoms with Crippen molar-refractivity contribution in [3.8, 4) is 0 Å². The minimum atomic E-state index is 0.421. The van der Waals surface area contributed by atoms with Gasteiger partial charge in [0.05, 0.1) is 12.8 Å². The summed E-state index contributed by atoms with van der Waals surface area (Å²) in [5.41, 5.74) is 4.13. The maximum Gasteiger partial charge on any atom is 0.0558 e. The van der Waals surface area contributed by atoms with Gasteiger partial charge >= 0.3 is 0 Å². The average Bonchev–Trinajstić information content (AvgIpc) is 3.08. The van der Waals surface area contributed by atoms with E-state index in [-0.39, 0.29) is 0 Å². The molecule has 0 saturated carbocycles. The second-order valence-corrected chi connectivity index (χ2v) is 6.10. The highest BCUT2D eigenvalue weighted by Crippen LogP contribution is 2.29. The maximum absolute atomic E-state index is 5.42. The fourth-order valence-corrected chi connectivity index (χ4v) is 3.74. The van der Waals surface area contributed by atoms with Crippen LogP contribution in [0.25, 0.3) is 0 Å². The Morgan fingerprint density at radius 1 is 1.50 bits per heavy atom. The van der Waals surface area contributed by atoms with Crippen LogP contribution in [0.4, 0.5) is 0 Å². The first-order chi connectivity index (χ1) is 9.81. The molecule has 0 amide bonds. The third-order valence-corrected chi connectivity index (χ3v) is 4.60. The molecule has 3 rings (SSSR count). The molecule has 0 aliphatic carbocycles. The van der Waals surface area contributed by atoms with Gasteiger partial charge in [0.25, 0.3) is 0 Å². The van der Waals surface area contributed by atoms with Gasteiger partial charge < -0.3 is 4.74 Å². The zero-order valence-electron chi connectivity index (χ0n) is 12.1. The zero-order valence-corrected chi connectivity index (χ0v) is 12.9. The number of hydrogen-bond donors (Lipinski definition) is 0. The van der Waals surface area contributed by atoms with Crippen molar-refractivity contribution in [3.05, 3.63) is 39.8 Å². The molecule has 0 fully saturated rings. The summed E-state index contributed by atoms with van der Waals surface area (Å²) in [5.74, 6) is 0.421.